The summed E-state index contributed by atoms with van der Waals surface area (Å²) < 4.78 is 10.2. The fourth-order valence-electron chi connectivity index (χ4n) is 0.354. The van der Waals surface area contributed by atoms with E-state index < -0.39 is 25.9 Å². The van der Waals surface area contributed by atoms with Crippen LogP contribution in [0, 0.1) is 0 Å². The predicted molar refractivity (Wildman–Crippen MR) is 36.7 cm³/mol. The molecule has 0 radical (unpaired) electrons. The molecule has 0 aromatic rings. The van der Waals surface area contributed by atoms with E-state index in [4.69, 9.17) is 14.9 Å². The lowest BCUT2D eigenvalue weighted by Crippen LogP contribution is -2.30. The second-order valence-corrected chi connectivity index (χ2v) is 3.78. The SMILES string of the molecule is CC(=O)NCC(O)P(=O)(O)O. The van der Waals surface area contributed by atoms with Crippen molar-refractivity contribution >= 4 is 13.5 Å². The molecule has 0 bridgehead atoms. The van der Waals surface area contributed by atoms with E-state index in [1.165, 1.54) is 6.92 Å². The number of rotatable bonds is 3. The number of amides is 1. The Morgan fingerprint density at radius 1 is 1.64 bits per heavy atom. The third-order valence-electron chi connectivity index (χ3n) is 0.922. The van der Waals surface area contributed by atoms with Crippen LogP contribution in [-0.4, -0.2) is 33.2 Å². The molecular formula is C4H10NO5P. The van der Waals surface area contributed by atoms with Gasteiger partial charge >= 0.3 is 7.60 Å². The van der Waals surface area contributed by atoms with Gasteiger partial charge in [-0.3, -0.25) is 9.36 Å². The molecule has 0 heterocycles. The maximum absolute atomic E-state index is 10.2. The zero-order valence-electron chi connectivity index (χ0n) is 5.89. The topological polar surface area (TPSA) is 107 Å². The van der Waals surface area contributed by atoms with Crippen molar-refractivity contribution < 1.29 is 24.3 Å². The summed E-state index contributed by atoms with van der Waals surface area (Å²) in [6, 6.07) is 0. The molecule has 0 fully saturated rings. The van der Waals surface area contributed by atoms with E-state index in [1.54, 1.807) is 0 Å². The molecule has 0 aromatic heterocycles. The molecule has 1 amide bonds. The van der Waals surface area contributed by atoms with Crippen LogP contribution in [0.5, 0.6) is 0 Å². The molecule has 0 aromatic carbocycles. The molecule has 0 spiro atoms. The van der Waals surface area contributed by atoms with Crippen molar-refractivity contribution in [3.8, 4) is 0 Å². The van der Waals surface area contributed by atoms with Crippen LogP contribution in [0.15, 0.2) is 0 Å². The Morgan fingerprint density at radius 2 is 2.09 bits per heavy atom. The van der Waals surface area contributed by atoms with Gasteiger partial charge in [0, 0.05) is 6.92 Å². The summed E-state index contributed by atoms with van der Waals surface area (Å²) in [5.41, 5.74) is 0. The molecule has 0 aliphatic carbocycles. The van der Waals surface area contributed by atoms with Crippen LogP contribution in [0.3, 0.4) is 0 Å². The standard InChI is InChI=1S/C4H10NO5P/c1-3(6)5-2-4(7)11(8,9)10/h4,7H,2H2,1H3,(H,5,6)(H2,8,9,10). The lowest BCUT2D eigenvalue weighted by molar-refractivity contribution is -0.119. The van der Waals surface area contributed by atoms with Gasteiger partial charge in [-0.25, -0.2) is 0 Å². The summed E-state index contributed by atoms with van der Waals surface area (Å²) in [6.07, 6.45) is 0. The minimum Gasteiger partial charge on any atom is -0.379 e. The Bertz CT molecular complexity index is 187. The van der Waals surface area contributed by atoms with Gasteiger partial charge in [-0.05, 0) is 0 Å². The largest absolute Gasteiger partial charge is 0.379 e. The van der Waals surface area contributed by atoms with Crippen LogP contribution >= 0.6 is 7.60 Å². The highest BCUT2D eigenvalue weighted by Crippen LogP contribution is 2.38. The van der Waals surface area contributed by atoms with Gasteiger partial charge in [-0.1, -0.05) is 0 Å². The lowest BCUT2D eigenvalue weighted by atomic mass is 10.6. The van der Waals surface area contributed by atoms with Gasteiger partial charge < -0.3 is 20.2 Å². The normalized spacial score (nSPS) is 14.2. The number of nitrogens with one attached hydrogen (secondary N) is 1. The molecule has 11 heavy (non-hydrogen) atoms. The maximum Gasteiger partial charge on any atom is 0.355 e. The first-order chi connectivity index (χ1) is 4.84. The smallest absolute Gasteiger partial charge is 0.355 e. The maximum atomic E-state index is 10.2. The molecule has 7 heteroatoms. The van der Waals surface area contributed by atoms with E-state index >= 15 is 0 Å². The molecular weight excluding hydrogens is 173 g/mol. The summed E-state index contributed by atoms with van der Waals surface area (Å²) in [7, 11) is -4.47. The average Bonchev–Trinajstić information content (AvgIpc) is 1.80. The fraction of sp³-hybridized carbons (Fsp3) is 0.750. The van der Waals surface area contributed by atoms with Crippen LogP contribution in [-0.2, 0) is 9.36 Å². The minimum atomic E-state index is -4.47. The van der Waals surface area contributed by atoms with Crippen LogP contribution in [0.25, 0.3) is 0 Å². The van der Waals surface area contributed by atoms with Crippen molar-refractivity contribution in [3.63, 3.8) is 0 Å². The van der Waals surface area contributed by atoms with Gasteiger partial charge in [0.25, 0.3) is 0 Å². The summed E-state index contributed by atoms with van der Waals surface area (Å²) in [4.78, 5) is 26.8. The third-order valence-corrected chi connectivity index (χ3v) is 1.88. The number of hydrogen-bond donors (Lipinski definition) is 4. The van der Waals surface area contributed by atoms with Gasteiger partial charge in [0.1, 0.15) is 0 Å². The molecule has 0 aliphatic heterocycles. The Kier molecular flexibility index (Phi) is 3.68. The van der Waals surface area contributed by atoms with Crippen molar-refractivity contribution in [2.75, 3.05) is 6.54 Å². The number of carbonyl (C=O) groups is 1. The first kappa shape index (κ1) is 10.6. The van der Waals surface area contributed by atoms with Gasteiger partial charge in [0.05, 0.1) is 6.54 Å². The summed E-state index contributed by atoms with van der Waals surface area (Å²) in [5, 5.41) is 10.7. The lowest BCUT2D eigenvalue weighted by Gasteiger charge is -2.11. The van der Waals surface area contributed by atoms with E-state index in [0.29, 0.717) is 0 Å². The fourth-order valence-corrected chi connectivity index (χ4v) is 0.683. The van der Waals surface area contributed by atoms with Crippen LogP contribution in [0.1, 0.15) is 6.92 Å². The molecule has 0 rings (SSSR count). The second kappa shape index (κ2) is 3.82. The molecule has 66 valence electrons. The molecule has 0 saturated heterocycles. The molecule has 1 atom stereocenters. The molecule has 4 N–H and O–H groups in total. The zero-order valence-corrected chi connectivity index (χ0v) is 6.78. The van der Waals surface area contributed by atoms with Crippen molar-refractivity contribution in [2.24, 2.45) is 0 Å². The van der Waals surface area contributed by atoms with Crippen LogP contribution < -0.4 is 5.32 Å². The van der Waals surface area contributed by atoms with Gasteiger partial charge in [0.2, 0.25) is 5.91 Å². The Labute approximate surface area is 63.4 Å². The van der Waals surface area contributed by atoms with E-state index in [0.717, 1.165) is 0 Å². The van der Waals surface area contributed by atoms with E-state index in [-0.39, 0.29) is 0 Å². The molecule has 0 saturated carbocycles. The van der Waals surface area contributed by atoms with E-state index in [2.05, 4.69) is 5.32 Å². The highest BCUT2D eigenvalue weighted by molar-refractivity contribution is 7.52. The summed E-state index contributed by atoms with van der Waals surface area (Å²) in [6.45, 7) is 0.756. The first-order valence-corrected chi connectivity index (χ1v) is 4.50. The van der Waals surface area contributed by atoms with Crippen molar-refractivity contribution in [3.05, 3.63) is 0 Å². The van der Waals surface area contributed by atoms with Crippen molar-refractivity contribution in [2.45, 2.75) is 12.8 Å². The quantitative estimate of drug-likeness (QED) is 0.403. The number of aliphatic hydroxyl groups excluding tert-OH is 1. The Balaban J connectivity index is 3.80. The second-order valence-electron chi connectivity index (χ2n) is 2.01. The predicted octanol–water partition coefficient (Wildman–Crippen LogP) is -1.38. The number of aliphatic hydroxyl groups is 1. The highest BCUT2D eigenvalue weighted by Gasteiger charge is 2.25. The first-order valence-electron chi connectivity index (χ1n) is 2.81. The highest BCUT2D eigenvalue weighted by atomic mass is 31.2. The molecule has 6 nitrogen and oxygen atoms in total. The van der Waals surface area contributed by atoms with E-state index in [1.807, 2.05) is 0 Å². The average molecular weight is 183 g/mol. The van der Waals surface area contributed by atoms with Gasteiger partial charge in [-0.2, -0.15) is 0 Å². The van der Waals surface area contributed by atoms with Crippen molar-refractivity contribution in [1.29, 1.82) is 0 Å². The Hall–Kier alpha value is -0.420. The van der Waals surface area contributed by atoms with E-state index in [9.17, 15) is 9.36 Å². The van der Waals surface area contributed by atoms with Crippen molar-refractivity contribution in [1.82, 2.24) is 5.32 Å². The zero-order chi connectivity index (χ0) is 9.07. The minimum absolute atomic E-state index is 0.431. The monoisotopic (exact) mass is 183 g/mol. The summed E-state index contributed by atoms with van der Waals surface area (Å²) in [5.74, 6) is -2.26. The van der Waals surface area contributed by atoms with Crippen LogP contribution in [0.4, 0.5) is 0 Å². The number of hydrogen-bond acceptors (Lipinski definition) is 3. The molecule has 1 unspecified atom stereocenters. The third kappa shape index (κ3) is 4.92. The number of carbonyl (C=O) groups excluding carboxylic acids is 1. The summed E-state index contributed by atoms with van der Waals surface area (Å²) >= 11 is 0. The van der Waals surface area contributed by atoms with Gasteiger partial charge in [-0.15, -0.1) is 0 Å². The van der Waals surface area contributed by atoms with Gasteiger partial charge in [0.15, 0.2) is 5.85 Å². The molecule has 0 aliphatic rings. The Morgan fingerprint density at radius 3 is 2.36 bits per heavy atom. The van der Waals surface area contributed by atoms with Crippen LogP contribution in [0.2, 0.25) is 0 Å².